The van der Waals surface area contributed by atoms with Crippen LogP contribution in [0.25, 0.3) is 10.9 Å². The topological polar surface area (TPSA) is 55.5 Å². The van der Waals surface area contributed by atoms with Crippen molar-refractivity contribution < 1.29 is 13.2 Å². The minimum atomic E-state index is -4.15. The molecule has 0 spiro atoms. The van der Waals surface area contributed by atoms with E-state index in [0.717, 1.165) is 12.8 Å². The molecule has 162 valence electrons. The highest BCUT2D eigenvalue weighted by molar-refractivity contribution is 14.0. The number of H-pyrrole nitrogens is 1. The number of aryl methyl sites for hydroxylation is 1. The van der Waals surface area contributed by atoms with Gasteiger partial charge in [0.1, 0.15) is 0 Å². The van der Waals surface area contributed by atoms with Gasteiger partial charge in [-0.3, -0.25) is 9.89 Å². The van der Waals surface area contributed by atoms with Gasteiger partial charge in [0.15, 0.2) is 5.96 Å². The van der Waals surface area contributed by atoms with Gasteiger partial charge in [0.25, 0.3) is 0 Å². The molecular weight excluding hydrogens is 494 g/mol. The van der Waals surface area contributed by atoms with Gasteiger partial charge < -0.3 is 15.6 Å². The fraction of sp³-hybridized carbons (Fsp3) is 0.550. The molecule has 1 aliphatic rings. The van der Waals surface area contributed by atoms with Crippen LogP contribution in [0.2, 0.25) is 0 Å². The van der Waals surface area contributed by atoms with Crippen LogP contribution < -0.4 is 10.6 Å². The number of likely N-dealkylation sites (tertiary alicyclic amines) is 1. The summed E-state index contributed by atoms with van der Waals surface area (Å²) in [7, 11) is 1.68. The smallest absolute Gasteiger partial charge is 0.361 e. The van der Waals surface area contributed by atoms with Crippen LogP contribution in [0, 0.1) is 0 Å². The van der Waals surface area contributed by atoms with E-state index in [1.165, 1.54) is 26.9 Å². The van der Waals surface area contributed by atoms with Crippen molar-refractivity contribution in [1.82, 2.24) is 20.5 Å². The molecule has 1 atom stereocenters. The second kappa shape index (κ2) is 10.5. The van der Waals surface area contributed by atoms with Crippen molar-refractivity contribution >= 4 is 40.8 Å². The molecule has 0 amide bonds. The van der Waals surface area contributed by atoms with Crippen LogP contribution in [0.4, 0.5) is 13.2 Å². The van der Waals surface area contributed by atoms with Crippen LogP contribution in [0.3, 0.4) is 0 Å². The number of aromatic nitrogens is 1. The summed E-state index contributed by atoms with van der Waals surface area (Å²) in [6.45, 7) is 2.82. The Morgan fingerprint density at radius 2 is 2.10 bits per heavy atom. The molecule has 3 N–H and O–H groups in total. The van der Waals surface area contributed by atoms with Crippen molar-refractivity contribution in [2.24, 2.45) is 4.99 Å². The standard InChI is InChI=1S/C20H28F3N5.HI/c1-3-14-5-4-6-17-15(11-26-18(14)17)7-9-25-19(24-2)27-16-8-10-28(12-16)13-20(21,22)23;/h4-6,11,16,26H,3,7-10,12-13H2,1-2H3,(H2,24,25,27);1H. The first-order valence-corrected chi connectivity index (χ1v) is 9.73. The molecule has 3 rings (SSSR count). The number of aliphatic imine (C=N–C) groups is 1. The van der Waals surface area contributed by atoms with E-state index in [4.69, 9.17) is 0 Å². The Morgan fingerprint density at radius 1 is 1.31 bits per heavy atom. The quantitative estimate of drug-likeness (QED) is 0.308. The minimum absolute atomic E-state index is 0. The Morgan fingerprint density at radius 3 is 2.79 bits per heavy atom. The lowest BCUT2D eigenvalue weighted by molar-refractivity contribution is -0.143. The first-order chi connectivity index (χ1) is 13.4. The van der Waals surface area contributed by atoms with E-state index < -0.39 is 12.7 Å². The molecule has 1 aliphatic heterocycles. The van der Waals surface area contributed by atoms with Gasteiger partial charge in [-0.15, -0.1) is 24.0 Å². The van der Waals surface area contributed by atoms with Gasteiger partial charge >= 0.3 is 6.18 Å². The molecule has 9 heteroatoms. The number of aromatic amines is 1. The number of guanidine groups is 1. The van der Waals surface area contributed by atoms with Crippen LogP contribution in [0.1, 0.15) is 24.5 Å². The summed E-state index contributed by atoms with van der Waals surface area (Å²) >= 11 is 0. The van der Waals surface area contributed by atoms with Gasteiger partial charge in [-0.25, -0.2) is 0 Å². The highest BCUT2D eigenvalue weighted by Gasteiger charge is 2.34. The fourth-order valence-electron chi connectivity index (χ4n) is 3.83. The van der Waals surface area contributed by atoms with Gasteiger partial charge in [-0.2, -0.15) is 13.2 Å². The molecule has 1 unspecified atom stereocenters. The van der Waals surface area contributed by atoms with Crippen molar-refractivity contribution in [3.05, 3.63) is 35.5 Å². The molecule has 0 bridgehead atoms. The van der Waals surface area contributed by atoms with Crippen molar-refractivity contribution in [2.75, 3.05) is 33.2 Å². The number of hydrogen-bond donors (Lipinski definition) is 3. The van der Waals surface area contributed by atoms with Gasteiger partial charge in [-0.1, -0.05) is 25.1 Å². The second-order valence-electron chi connectivity index (χ2n) is 7.24. The largest absolute Gasteiger partial charge is 0.401 e. The Kier molecular flexibility index (Phi) is 8.62. The third-order valence-corrected chi connectivity index (χ3v) is 5.19. The summed E-state index contributed by atoms with van der Waals surface area (Å²) in [6.07, 6.45) is 0.399. The zero-order chi connectivity index (χ0) is 20.1. The first-order valence-electron chi connectivity index (χ1n) is 9.73. The highest BCUT2D eigenvalue weighted by Crippen LogP contribution is 2.22. The molecule has 1 aromatic heterocycles. The third kappa shape index (κ3) is 6.50. The molecule has 0 aliphatic carbocycles. The lowest BCUT2D eigenvalue weighted by atomic mass is 10.1. The molecule has 2 aromatic rings. The number of nitrogens with zero attached hydrogens (tertiary/aromatic N) is 2. The average Bonchev–Trinajstić information content (AvgIpc) is 3.26. The summed E-state index contributed by atoms with van der Waals surface area (Å²) in [4.78, 5) is 9.01. The molecular formula is C20H29F3IN5. The van der Waals surface area contributed by atoms with Crippen molar-refractivity contribution in [3.8, 4) is 0 Å². The number of fused-ring (bicyclic) bond motifs is 1. The number of benzene rings is 1. The molecule has 1 aromatic carbocycles. The van der Waals surface area contributed by atoms with Crippen molar-refractivity contribution in [1.29, 1.82) is 0 Å². The lowest BCUT2D eigenvalue weighted by Crippen LogP contribution is -2.45. The van der Waals surface area contributed by atoms with Crippen LogP contribution in [-0.2, 0) is 12.8 Å². The van der Waals surface area contributed by atoms with E-state index in [1.807, 2.05) is 6.20 Å². The van der Waals surface area contributed by atoms with E-state index in [-0.39, 0.29) is 30.0 Å². The number of alkyl halides is 3. The molecule has 2 heterocycles. The van der Waals surface area contributed by atoms with Crippen molar-refractivity contribution in [3.63, 3.8) is 0 Å². The lowest BCUT2D eigenvalue weighted by Gasteiger charge is -2.19. The van der Waals surface area contributed by atoms with Crippen molar-refractivity contribution in [2.45, 2.75) is 38.4 Å². The summed E-state index contributed by atoms with van der Waals surface area (Å²) in [5, 5.41) is 7.75. The SMILES string of the molecule is CCc1cccc2c(CCNC(=NC)NC3CCN(CC(F)(F)F)C3)c[nH]c12.I. The molecule has 1 fully saturated rings. The fourth-order valence-corrected chi connectivity index (χ4v) is 3.83. The minimum Gasteiger partial charge on any atom is -0.361 e. The number of halogens is 4. The van der Waals surface area contributed by atoms with E-state index >= 15 is 0 Å². The number of hydrogen-bond acceptors (Lipinski definition) is 2. The maximum absolute atomic E-state index is 12.5. The van der Waals surface area contributed by atoms with Gasteiger partial charge in [0.05, 0.1) is 6.54 Å². The monoisotopic (exact) mass is 523 g/mol. The van der Waals surface area contributed by atoms with E-state index in [1.54, 1.807) is 7.05 Å². The maximum Gasteiger partial charge on any atom is 0.401 e. The average molecular weight is 523 g/mol. The first kappa shape index (κ1) is 23.8. The van der Waals surface area contributed by atoms with Crippen LogP contribution in [0.15, 0.2) is 29.4 Å². The zero-order valence-electron chi connectivity index (χ0n) is 16.8. The molecule has 0 saturated carbocycles. The van der Waals surface area contributed by atoms with Crippen LogP contribution >= 0.6 is 24.0 Å². The summed E-state index contributed by atoms with van der Waals surface area (Å²) in [5.74, 6) is 0.632. The Balaban J connectivity index is 0.00000300. The van der Waals surface area contributed by atoms with E-state index in [2.05, 4.69) is 45.7 Å². The Labute approximate surface area is 186 Å². The van der Waals surface area contributed by atoms with E-state index in [0.29, 0.717) is 32.0 Å². The van der Waals surface area contributed by atoms with Gasteiger partial charge in [-0.05, 0) is 30.4 Å². The Hall–Kier alpha value is -1.49. The molecule has 0 radical (unpaired) electrons. The second-order valence-corrected chi connectivity index (χ2v) is 7.24. The normalized spacial score (nSPS) is 18.1. The number of para-hydroxylation sites is 1. The van der Waals surface area contributed by atoms with Gasteiger partial charge in [0.2, 0.25) is 0 Å². The third-order valence-electron chi connectivity index (χ3n) is 5.19. The predicted octanol–water partition coefficient (Wildman–Crippen LogP) is 3.69. The summed E-state index contributed by atoms with van der Waals surface area (Å²) < 4.78 is 37.6. The number of nitrogens with one attached hydrogen (secondary N) is 3. The number of rotatable bonds is 6. The van der Waals surface area contributed by atoms with Crippen LogP contribution in [-0.4, -0.2) is 61.3 Å². The zero-order valence-corrected chi connectivity index (χ0v) is 19.1. The molecule has 1 saturated heterocycles. The maximum atomic E-state index is 12.5. The molecule has 5 nitrogen and oxygen atoms in total. The Bertz CT molecular complexity index is 818. The highest BCUT2D eigenvalue weighted by atomic mass is 127. The van der Waals surface area contributed by atoms with E-state index in [9.17, 15) is 13.2 Å². The molecule has 29 heavy (non-hydrogen) atoms. The van der Waals surface area contributed by atoms with Crippen LogP contribution in [0.5, 0.6) is 0 Å². The summed E-state index contributed by atoms with van der Waals surface area (Å²) in [5.41, 5.74) is 3.74. The predicted molar refractivity (Wildman–Crippen MR) is 122 cm³/mol. The van der Waals surface area contributed by atoms with Gasteiger partial charge in [0, 0.05) is 49.8 Å². The summed E-state index contributed by atoms with van der Waals surface area (Å²) in [6, 6.07) is 6.32.